The third-order valence-electron chi connectivity index (χ3n) is 4.63. The highest BCUT2D eigenvalue weighted by atomic mass is 16.5. The number of aliphatic hydroxyl groups is 1. The molecule has 4 nitrogen and oxygen atoms in total. The van der Waals surface area contributed by atoms with Crippen molar-refractivity contribution in [2.45, 2.75) is 46.4 Å². The van der Waals surface area contributed by atoms with Crippen molar-refractivity contribution in [3.63, 3.8) is 0 Å². The molecular weight excluding hydrogens is 336 g/mol. The van der Waals surface area contributed by atoms with Crippen LogP contribution in [0.25, 0.3) is 21.8 Å². The number of aromatic nitrogens is 1. The van der Waals surface area contributed by atoms with Crippen LogP contribution in [0.2, 0.25) is 0 Å². The number of para-hydroxylation sites is 1. The highest BCUT2D eigenvalue weighted by molar-refractivity contribution is 6.11. The number of hydrogen-bond donors (Lipinski definition) is 2. The minimum atomic E-state index is -0.540. The zero-order chi connectivity index (χ0) is 19.4. The summed E-state index contributed by atoms with van der Waals surface area (Å²) in [6, 6.07) is 14.9. The summed E-state index contributed by atoms with van der Waals surface area (Å²) in [5.74, 6) is 0.822. The van der Waals surface area contributed by atoms with Crippen molar-refractivity contribution in [3.05, 3.63) is 54.1 Å². The van der Waals surface area contributed by atoms with Crippen LogP contribution in [0.3, 0.4) is 0 Å². The molecule has 0 spiro atoms. The number of fused-ring (bicyclic) bond motifs is 3. The molecule has 0 aliphatic heterocycles. The third-order valence-corrected chi connectivity index (χ3v) is 4.63. The van der Waals surface area contributed by atoms with Gasteiger partial charge >= 0.3 is 0 Å². The minimum Gasteiger partial charge on any atom is -0.490 e. The Kier molecular flexibility index (Phi) is 6.19. The molecule has 0 aliphatic carbocycles. The molecule has 27 heavy (non-hydrogen) atoms. The number of nitrogens with zero attached hydrogens (tertiary/aromatic N) is 1. The van der Waals surface area contributed by atoms with E-state index in [2.05, 4.69) is 74.0 Å². The van der Waals surface area contributed by atoms with Crippen LogP contribution in [0.15, 0.2) is 54.1 Å². The number of ether oxygens (including phenoxy) is 1. The van der Waals surface area contributed by atoms with Crippen molar-refractivity contribution < 1.29 is 9.84 Å². The second-order valence-corrected chi connectivity index (χ2v) is 7.59. The Morgan fingerprint density at radius 3 is 2.59 bits per heavy atom. The third kappa shape index (κ3) is 4.52. The number of rotatable bonds is 8. The molecular formula is C23H30N2O2. The number of aliphatic hydroxyl groups excluding tert-OH is 1. The average Bonchev–Trinajstić information content (AvgIpc) is 2.97. The van der Waals surface area contributed by atoms with Crippen LogP contribution in [0, 0.1) is 0 Å². The molecule has 2 aromatic carbocycles. The first-order chi connectivity index (χ1) is 13.0. The summed E-state index contributed by atoms with van der Waals surface area (Å²) in [6.07, 6.45) is 1.70. The summed E-state index contributed by atoms with van der Waals surface area (Å²) < 4.78 is 8.36. The van der Waals surface area contributed by atoms with E-state index in [0.717, 1.165) is 23.2 Å². The average molecular weight is 367 g/mol. The van der Waals surface area contributed by atoms with Gasteiger partial charge in [0.25, 0.3) is 0 Å². The van der Waals surface area contributed by atoms with Crippen LogP contribution in [0.5, 0.6) is 5.75 Å². The number of nitrogens with one attached hydrogen (secondary N) is 1. The van der Waals surface area contributed by atoms with Gasteiger partial charge < -0.3 is 19.7 Å². The van der Waals surface area contributed by atoms with E-state index in [1.54, 1.807) is 0 Å². The number of benzene rings is 2. The largest absolute Gasteiger partial charge is 0.490 e. The first kappa shape index (κ1) is 19.5. The molecule has 1 unspecified atom stereocenters. The molecule has 1 heterocycles. The molecule has 0 saturated heterocycles. The molecule has 1 atom stereocenters. The number of hydrogen-bond acceptors (Lipinski definition) is 3. The Morgan fingerprint density at radius 2 is 1.85 bits per heavy atom. The Morgan fingerprint density at radius 1 is 1.11 bits per heavy atom. The normalized spacial score (nSPS) is 12.7. The lowest BCUT2D eigenvalue weighted by molar-refractivity contribution is 0.105. The number of allylic oxidation sites excluding steroid dienone is 2. The molecule has 3 aromatic rings. The Hall–Kier alpha value is -2.30. The summed E-state index contributed by atoms with van der Waals surface area (Å²) in [6.45, 7) is 9.99. The maximum atomic E-state index is 10.2. The van der Waals surface area contributed by atoms with Crippen molar-refractivity contribution in [1.29, 1.82) is 0 Å². The first-order valence-corrected chi connectivity index (χ1v) is 9.65. The van der Waals surface area contributed by atoms with E-state index < -0.39 is 6.10 Å². The predicted molar refractivity (Wildman–Crippen MR) is 114 cm³/mol. The lowest BCUT2D eigenvalue weighted by Gasteiger charge is -2.15. The van der Waals surface area contributed by atoms with Gasteiger partial charge in [-0.1, -0.05) is 49.8 Å². The summed E-state index contributed by atoms with van der Waals surface area (Å²) >= 11 is 0. The SMILES string of the molecule is CC(C)=CCn1c2ccccc2c2c(OCC(O)CNC(C)C)cccc21. The van der Waals surface area contributed by atoms with E-state index in [1.165, 1.54) is 16.5 Å². The fraction of sp³-hybridized carbons (Fsp3) is 0.391. The lowest BCUT2D eigenvalue weighted by Crippen LogP contribution is -2.35. The van der Waals surface area contributed by atoms with E-state index in [9.17, 15) is 5.11 Å². The van der Waals surface area contributed by atoms with Gasteiger partial charge in [0.1, 0.15) is 18.5 Å². The van der Waals surface area contributed by atoms with Gasteiger partial charge in [-0.25, -0.2) is 0 Å². The molecule has 0 amide bonds. The van der Waals surface area contributed by atoms with E-state index in [4.69, 9.17) is 4.74 Å². The lowest BCUT2D eigenvalue weighted by atomic mass is 10.1. The minimum absolute atomic E-state index is 0.270. The summed E-state index contributed by atoms with van der Waals surface area (Å²) in [7, 11) is 0. The van der Waals surface area contributed by atoms with Gasteiger partial charge in [-0.2, -0.15) is 0 Å². The Bertz CT molecular complexity index is 936. The molecule has 4 heteroatoms. The van der Waals surface area contributed by atoms with Gasteiger partial charge in [0.05, 0.1) is 5.52 Å². The van der Waals surface area contributed by atoms with Crippen molar-refractivity contribution in [1.82, 2.24) is 9.88 Å². The van der Waals surface area contributed by atoms with Crippen LogP contribution in [-0.4, -0.2) is 35.0 Å². The van der Waals surface area contributed by atoms with Gasteiger partial charge in [0.2, 0.25) is 0 Å². The molecule has 0 radical (unpaired) electrons. The van der Waals surface area contributed by atoms with Gasteiger partial charge in [-0.3, -0.25) is 0 Å². The zero-order valence-corrected chi connectivity index (χ0v) is 16.7. The zero-order valence-electron chi connectivity index (χ0n) is 16.7. The van der Waals surface area contributed by atoms with Crippen LogP contribution in [0.4, 0.5) is 0 Å². The molecule has 0 saturated carbocycles. The van der Waals surface area contributed by atoms with Crippen molar-refractivity contribution in [2.75, 3.05) is 13.2 Å². The fourth-order valence-electron chi connectivity index (χ4n) is 3.27. The summed E-state index contributed by atoms with van der Waals surface area (Å²) in [5.41, 5.74) is 3.65. The standard InChI is InChI=1S/C23H30N2O2/c1-16(2)12-13-25-20-9-6-5-8-19(20)23-21(25)10-7-11-22(23)27-15-18(26)14-24-17(3)4/h5-12,17-18,24,26H,13-15H2,1-4H3. The van der Waals surface area contributed by atoms with Crippen molar-refractivity contribution in [2.24, 2.45) is 0 Å². The highest BCUT2D eigenvalue weighted by Gasteiger charge is 2.15. The maximum absolute atomic E-state index is 10.2. The van der Waals surface area contributed by atoms with Crippen molar-refractivity contribution >= 4 is 21.8 Å². The van der Waals surface area contributed by atoms with E-state index in [-0.39, 0.29) is 6.61 Å². The fourth-order valence-corrected chi connectivity index (χ4v) is 3.27. The molecule has 3 rings (SSSR count). The van der Waals surface area contributed by atoms with Gasteiger partial charge in [-0.05, 0) is 32.0 Å². The molecule has 0 bridgehead atoms. The molecule has 144 valence electrons. The van der Waals surface area contributed by atoms with Crippen LogP contribution < -0.4 is 10.1 Å². The van der Waals surface area contributed by atoms with Crippen LogP contribution >= 0.6 is 0 Å². The monoisotopic (exact) mass is 366 g/mol. The van der Waals surface area contributed by atoms with E-state index >= 15 is 0 Å². The maximum Gasteiger partial charge on any atom is 0.129 e. The molecule has 0 aliphatic rings. The highest BCUT2D eigenvalue weighted by Crippen LogP contribution is 2.35. The van der Waals surface area contributed by atoms with E-state index in [1.807, 2.05) is 12.1 Å². The predicted octanol–water partition coefficient (Wildman–Crippen LogP) is 4.50. The molecule has 2 N–H and O–H groups in total. The quantitative estimate of drug-likeness (QED) is 0.577. The van der Waals surface area contributed by atoms with Gasteiger partial charge in [-0.15, -0.1) is 0 Å². The molecule has 0 fully saturated rings. The summed E-state index contributed by atoms with van der Waals surface area (Å²) in [5, 5.41) is 15.7. The molecule has 1 aromatic heterocycles. The second-order valence-electron chi connectivity index (χ2n) is 7.59. The first-order valence-electron chi connectivity index (χ1n) is 9.65. The Labute approximate surface area is 161 Å². The van der Waals surface area contributed by atoms with Crippen LogP contribution in [0.1, 0.15) is 27.7 Å². The smallest absolute Gasteiger partial charge is 0.129 e. The van der Waals surface area contributed by atoms with E-state index in [0.29, 0.717) is 12.6 Å². The van der Waals surface area contributed by atoms with Crippen LogP contribution in [-0.2, 0) is 6.54 Å². The summed E-state index contributed by atoms with van der Waals surface area (Å²) in [4.78, 5) is 0. The Balaban J connectivity index is 1.95. The van der Waals surface area contributed by atoms with Crippen molar-refractivity contribution in [3.8, 4) is 5.75 Å². The topological polar surface area (TPSA) is 46.4 Å². The second kappa shape index (κ2) is 8.59. The van der Waals surface area contributed by atoms with Gasteiger partial charge in [0, 0.05) is 35.4 Å². The van der Waals surface area contributed by atoms with Gasteiger partial charge in [0.15, 0.2) is 0 Å².